The summed E-state index contributed by atoms with van der Waals surface area (Å²) in [7, 11) is 0. The minimum absolute atomic E-state index is 0.0953. The molecule has 6 heteroatoms. The Morgan fingerprint density at radius 1 is 1.15 bits per heavy atom. The van der Waals surface area contributed by atoms with E-state index in [0.717, 1.165) is 59.5 Å². The van der Waals surface area contributed by atoms with E-state index in [2.05, 4.69) is 34.6 Å². The molecule has 5 rings (SSSR count). The number of nitrogens with one attached hydrogen (secondary N) is 1. The van der Waals surface area contributed by atoms with Gasteiger partial charge in [-0.2, -0.15) is 5.10 Å². The van der Waals surface area contributed by atoms with Crippen LogP contribution in [0, 0.1) is 0 Å². The van der Waals surface area contributed by atoms with E-state index in [0.29, 0.717) is 0 Å². The van der Waals surface area contributed by atoms with E-state index in [1.54, 1.807) is 0 Å². The fourth-order valence-electron chi connectivity index (χ4n) is 4.23. The van der Waals surface area contributed by atoms with Gasteiger partial charge in [0.1, 0.15) is 5.60 Å². The predicted octanol–water partition coefficient (Wildman–Crippen LogP) is 4.63. The zero-order chi connectivity index (χ0) is 18.3. The van der Waals surface area contributed by atoms with Gasteiger partial charge >= 0.3 is 0 Å². The highest BCUT2D eigenvalue weighted by molar-refractivity contribution is 6.11. The van der Waals surface area contributed by atoms with Crippen LogP contribution in [-0.2, 0) is 11.4 Å². The highest BCUT2D eigenvalue weighted by atomic mass is 16.7. The first-order chi connectivity index (χ1) is 13.3. The van der Waals surface area contributed by atoms with Crippen molar-refractivity contribution in [2.24, 2.45) is 5.16 Å². The monoisotopic (exact) mass is 361 g/mol. The molecular formula is C21H23N5O. The molecule has 0 saturated heterocycles. The number of benzene rings is 1. The van der Waals surface area contributed by atoms with Crippen LogP contribution in [0.3, 0.4) is 0 Å². The first kappa shape index (κ1) is 16.3. The predicted molar refractivity (Wildman–Crippen MR) is 106 cm³/mol. The summed E-state index contributed by atoms with van der Waals surface area (Å²) in [5, 5.41) is 13.6. The van der Waals surface area contributed by atoms with Crippen molar-refractivity contribution >= 4 is 28.1 Å². The van der Waals surface area contributed by atoms with Crippen LogP contribution in [0.25, 0.3) is 11.0 Å². The largest absolute Gasteiger partial charge is 0.389 e. The van der Waals surface area contributed by atoms with Crippen molar-refractivity contribution in [2.45, 2.75) is 51.2 Å². The molecule has 0 atom stereocenters. The summed E-state index contributed by atoms with van der Waals surface area (Å²) >= 11 is 0. The first-order valence-corrected chi connectivity index (χ1v) is 9.70. The average Bonchev–Trinajstić information content (AvgIpc) is 3.44. The molecule has 2 aliphatic rings. The zero-order valence-corrected chi connectivity index (χ0v) is 15.5. The van der Waals surface area contributed by atoms with Crippen molar-refractivity contribution in [1.82, 2.24) is 14.8 Å². The van der Waals surface area contributed by atoms with Crippen LogP contribution in [0.5, 0.6) is 0 Å². The molecule has 0 amide bonds. The lowest BCUT2D eigenvalue weighted by Crippen LogP contribution is -2.24. The Morgan fingerprint density at radius 3 is 2.74 bits per heavy atom. The number of para-hydroxylation sites is 1. The van der Waals surface area contributed by atoms with Crippen LogP contribution < -0.4 is 5.32 Å². The maximum Gasteiger partial charge on any atom is 0.159 e. The molecule has 1 aromatic carbocycles. The molecule has 138 valence electrons. The Hall–Kier alpha value is -2.89. The van der Waals surface area contributed by atoms with Crippen LogP contribution in [0.4, 0.5) is 11.4 Å². The molecule has 0 radical (unpaired) electrons. The molecule has 1 aliphatic carbocycles. The van der Waals surface area contributed by atoms with Crippen molar-refractivity contribution in [3.63, 3.8) is 0 Å². The summed E-state index contributed by atoms with van der Waals surface area (Å²) in [6.45, 7) is 2.86. The number of hydrogen-bond donors (Lipinski definition) is 1. The number of aryl methyl sites for hydroxylation is 1. The fraction of sp³-hybridized carbons (Fsp3) is 0.381. The van der Waals surface area contributed by atoms with Crippen molar-refractivity contribution in [3.05, 3.63) is 48.3 Å². The SMILES string of the molecule is CCn1ncc2c(Nc3ccccc3)c(C3=NOC4(CCCC4)C3)cnc21. The molecule has 6 nitrogen and oxygen atoms in total. The van der Waals surface area contributed by atoms with E-state index in [9.17, 15) is 0 Å². The molecular weight excluding hydrogens is 338 g/mol. The molecule has 1 saturated carbocycles. The zero-order valence-electron chi connectivity index (χ0n) is 15.5. The molecule has 27 heavy (non-hydrogen) atoms. The summed E-state index contributed by atoms with van der Waals surface area (Å²) in [6, 6.07) is 10.2. The third-order valence-corrected chi connectivity index (χ3v) is 5.67. The van der Waals surface area contributed by atoms with Crippen molar-refractivity contribution in [3.8, 4) is 0 Å². The number of nitrogens with zero attached hydrogens (tertiary/aromatic N) is 4. The van der Waals surface area contributed by atoms with Gasteiger partial charge in [0.25, 0.3) is 0 Å². The van der Waals surface area contributed by atoms with Crippen LogP contribution >= 0.6 is 0 Å². The number of rotatable bonds is 4. The fourth-order valence-corrected chi connectivity index (χ4v) is 4.23. The van der Waals surface area contributed by atoms with E-state index in [-0.39, 0.29) is 5.60 Å². The van der Waals surface area contributed by atoms with Gasteiger partial charge in [-0.1, -0.05) is 23.4 Å². The standard InChI is InChI=1S/C21H23N5O/c1-2-26-20-17(14-23-26)19(24-15-8-4-3-5-9-15)16(13-22-20)18-12-21(27-25-18)10-6-7-11-21/h3-5,8-9,13-14H,2,6-7,10-12H2,1H3,(H,22,24). The van der Waals surface area contributed by atoms with Gasteiger partial charge in [0.05, 0.1) is 23.0 Å². The average molecular weight is 361 g/mol. The van der Waals surface area contributed by atoms with E-state index in [1.165, 1.54) is 12.8 Å². The van der Waals surface area contributed by atoms with Crippen LogP contribution in [0.1, 0.15) is 44.6 Å². The van der Waals surface area contributed by atoms with Gasteiger partial charge in [-0.15, -0.1) is 0 Å². The molecule has 1 fully saturated rings. The summed E-state index contributed by atoms with van der Waals surface area (Å²) in [5.74, 6) is 0. The van der Waals surface area contributed by atoms with Gasteiger partial charge in [0.15, 0.2) is 5.65 Å². The second kappa shape index (κ2) is 6.37. The summed E-state index contributed by atoms with van der Waals surface area (Å²) in [5.41, 5.74) is 4.81. The van der Waals surface area contributed by atoms with Crippen molar-refractivity contribution in [1.29, 1.82) is 0 Å². The number of fused-ring (bicyclic) bond motifs is 1. The van der Waals surface area contributed by atoms with E-state index in [4.69, 9.17) is 9.82 Å². The Labute approximate surface area is 158 Å². The second-order valence-electron chi connectivity index (χ2n) is 7.43. The summed E-state index contributed by atoms with van der Waals surface area (Å²) < 4.78 is 1.92. The van der Waals surface area contributed by atoms with Crippen molar-refractivity contribution < 1.29 is 4.84 Å². The smallest absolute Gasteiger partial charge is 0.159 e. The molecule has 0 bridgehead atoms. The highest BCUT2D eigenvalue weighted by Crippen LogP contribution is 2.42. The van der Waals surface area contributed by atoms with Gasteiger partial charge in [0.2, 0.25) is 0 Å². The Kier molecular flexibility index (Phi) is 3.85. The molecule has 1 spiro atoms. The van der Waals surface area contributed by atoms with Gasteiger partial charge in [-0.25, -0.2) is 9.67 Å². The first-order valence-electron chi connectivity index (χ1n) is 9.70. The van der Waals surface area contributed by atoms with Gasteiger partial charge < -0.3 is 10.2 Å². The summed E-state index contributed by atoms with van der Waals surface area (Å²) in [6.07, 6.45) is 9.28. The van der Waals surface area contributed by atoms with Gasteiger partial charge in [-0.3, -0.25) is 0 Å². The van der Waals surface area contributed by atoms with E-state index < -0.39 is 0 Å². The Balaban J connectivity index is 1.60. The maximum absolute atomic E-state index is 5.92. The van der Waals surface area contributed by atoms with Crippen LogP contribution in [-0.4, -0.2) is 26.1 Å². The number of pyridine rings is 1. The topological polar surface area (TPSA) is 64.3 Å². The Bertz CT molecular complexity index is 1000. The van der Waals surface area contributed by atoms with Crippen LogP contribution in [0.15, 0.2) is 47.9 Å². The van der Waals surface area contributed by atoms with E-state index in [1.807, 2.05) is 35.3 Å². The Morgan fingerprint density at radius 2 is 1.96 bits per heavy atom. The molecule has 3 heterocycles. The third kappa shape index (κ3) is 2.76. The molecule has 1 aliphatic heterocycles. The van der Waals surface area contributed by atoms with E-state index >= 15 is 0 Å². The number of aromatic nitrogens is 3. The third-order valence-electron chi connectivity index (χ3n) is 5.67. The lowest BCUT2D eigenvalue weighted by atomic mass is 9.92. The number of hydrogen-bond acceptors (Lipinski definition) is 5. The lowest BCUT2D eigenvalue weighted by molar-refractivity contribution is -0.0126. The minimum Gasteiger partial charge on any atom is -0.389 e. The quantitative estimate of drug-likeness (QED) is 0.736. The maximum atomic E-state index is 5.92. The van der Waals surface area contributed by atoms with Crippen LogP contribution in [0.2, 0.25) is 0 Å². The van der Waals surface area contributed by atoms with Gasteiger partial charge in [-0.05, 0) is 44.7 Å². The lowest BCUT2D eigenvalue weighted by Gasteiger charge is -2.19. The molecule has 3 aromatic rings. The second-order valence-corrected chi connectivity index (χ2v) is 7.43. The summed E-state index contributed by atoms with van der Waals surface area (Å²) in [4.78, 5) is 10.6. The van der Waals surface area contributed by atoms with Gasteiger partial charge in [0, 0.05) is 30.4 Å². The minimum atomic E-state index is -0.0953. The van der Waals surface area contributed by atoms with Crippen molar-refractivity contribution in [2.75, 3.05) is 5.32 Å². The molecule has 0 unspecified atom stereocenters. The molecule has 1 N–H and O–H groups in total. The highest BCUT2D eigenvalue weighted by Gasteiger charge is 2.42. The normalized spacial score (nSPS) is 18.0. The number of oxime groups is 1. The molecule has 2 aromatic heterocycles. The number of anilines is 2.